The third-order valence-corrected chi connectivity index (χ3v) is 5.21. The molecule has 176 valence electrons. The van der Waals surface area contributed by atoms with Gasteiger partial charge in [0.25, 0.3) is 5.91 Å². The topological polar surface area (TPSA) is 50.7 Å². The first-order chi connectivity index (χ1) is 14.8. The largest absolute Gasteiger partial charge is 0.433 e. The van der Waals surface area contributed by atoms with Crippen LogP contribution >= 0.6 is 0 Å². The van der Waals surface area contributed by atoms with Crippen LogP contribution in [0, 0.1) is 0 Å². The third-order valence-electron chi connectivity index (χ3n) is 5.21. The van der Waals surface area contributed by atoms with Crippen molar-refractivity contribution < 1.29 is 35.9 Å². The van der Waals surface area contributed by atoms with Crippen molar-refractivity contribution in [1.82, 2.24) is 5.32 Å². The summed E-state index contributed by atoms with van der Waals surface area (Å²) < 4.78 is 87.6. The van der Waals surface area contributed by atoms with E-state index in [1.54, 1.807) is 0 Å². The number of halogens is 6. The molecule has 1 atom stereocenters. The number of methoxy groups -OCH3 is 1. The predicted octanol–water partition coefficient (Wildman–Crippen LogP) is 5.51. The van der Waals surface area contributed by atoms with Gasteiger partial charge in [0, 0.05) is 37.8 Å². The monoisotopic (exact) mass is 462 g/mol. The van der Waals surface area contributed by atoms with E-state index in [-0.39, 0.29) is 23.1 Å². The number of ether oxygens (including phenoxy) is 1. The number of aliphatic imine (C=N–C) groups is 1. The SMILES string of the molecule is C=C(CC(OC)(/C(=C/C)C(=NC)C(F)(F)F)C(F)(F)F)c1ccc(C(=O)NC2CC2)cc1. The fourth-order valence-corrected chi connectivity index (χ4v) is 3.36. The molecule has 1 aromatic carbocycles. The lowest BCUT2D eigenvalue weighted by Crippen LogP contribution is -2.52. The number of alkyl halides is 6. The van der Waals surface area contributed by atoms with Gasteiger partial charge in [0.15, 0.2) is 5.60 Å². The van der Waals surface area contributed by atoms with Crippen molar-refractivity contribution in [2.45, 2.75) is 50.2 Å². The number of allylic oxidation sites excluding steroid dienone is 1. The Morgan fingerprint density at radius 3 is 2.06 bits per heavy atom. The van der Waals surface area contributed by atoms with Crippen molar-refractivity contribution >= 4 is 17.2 Å². The minimum atomic E-state index is -5.21. The first-order valence-electron chi connectivity index (χ1n) is 9.72. The summed E-state index contributed by atoms with van der Waals surface area (Å²) in [6.07, 6.45) is -8.85. The number of rotatable bonds is 8. The van der Waals surface area contributed by atoms with Gasteiger partial charge in [-0.3, -0.25) is 9.79 Å². The Morgan fingerprint density at radius 1 is 1.16 bits per heavy atom. The second kappa shape index (κ2) is 9.48. The van der Waals surface area contributed by atoms with Crippen LogP contribution in [0.15, 0.2) is 47.5 Å². The van der Waals surface area contributed by atoms with Crippen molar-refractivity contribution in [2.24, 2.45) is 4.99 Å². The highest BCUT2D eigenvalue weighted by atomic mass is 19.4. The van der Waals surface area contributed by atoms with Gasteiger partial charge in [-0.05, 0) is 43.0 Å². The number of amides is 1. The van der Waals surface area contributed by atoms with E-state index in [9.17, 15) is 31.1 Å². The fraction of sp³-hybridized carbons (Fsp3) is 0.455. The van der Waals surface area contributed by atoms with E-state index in [1.807, 2.05) is 0 Å². The van der Waals surface area contributed by atoms with Crippen LogP contribution in [-0.2, 0) is 4.74 Å². The number of carbonyl (C=O) groups excluding carboxylic acids is 1. The molecule has 2 rings (SSSR count). The van der Waals surface area contributed by atoms with Gasteiger partial charge in [0.05, 0.1) is 0 Å². The smallest absolute Gasteiger partial charge is 0.364 e. The van der Waals surface area contributed by atoms with Gasteiger partial charge < -0.3 is 10.1 Å². The zero-order valence-corrected chi connectivity index (χ0v) is 17.8. The first kappa shape index (κ1) is 25.6. The summed E-state index contributed by atoms with van der Waals surface area (Å²) in [4.78, 5) is 15.2. The van der Waals surface area contributed by atoms with Crippen LogP contribution in [0.3, 0.4) is 0 Å². The Morgan fingerprint density at radius 2 is 1.69 bits per heavy atom. The summed E-state index contributed by atoms with van der Waals surface area (Å²) in [7, 11) is 1.46. The molecule has 1 saturated carbocycles. The third kappa shape index (κ3) is 5.40. The van der Waals surface area contributed by atoms with E-state index in [4.69, 9.17) is 4.74 Å². The molecule has 1 unspecified atom stereocenters. The van der Waals surface area contributed by atoms with Crippen molar-refractivity contribution in [3.8, 4) is 0 Å². The van der Waals surface area contributed by atoms with Crippen molar-refractivity contribution in [3.05, 3.63) is 53.6 Å². The molecule has 10 heteroatoms. The second-order valence-electron chi connectivity index (χ2n) is 7.41. The zero-order valence-electron chi connectivity index (χ0n) is 17.8. The summed E-state index contributed by atoms with van der Waals surface area (Å²) in [5, 5.41) is 2.78. The van der Waals surface area contributed by atoms with Crippen LogP contribution in [0.2, 0.25) is 0 Å². The lowest BCUT2D eigenvalue weighted by atomic mass is 9.81. The van der Waals surface area contributed by atoms with Crippen LogP contribution in [0.25, 0.3) is 5.57 Å². The van der Waals surface area contributed by atoms with Gasteiger partial charge in [-0.15, -0.1) is 0 Å². The van der Waals surface area contributed by atoms with E-state index in [0.29, 0.717) is 18.7 Å². The highest BCUT2D eigenvalue weighted by Gasteiger charge is 2.61. The van der Waals surface area contributed by atoms with E-state index < -0.39 is 35.7 Å². The molecule has 1 amide bonds. The minimum absolute atomic E-state index is 0.115. The quantitative estimate of drug-likeness (QED) is 0.409. The Labute approximate surface area is 182 Å². The van der Waals surface area contributed by atoms with Gasteiger partial charge in [0.1, 0.15) is 5.71 Å². The highest BCUT2D eigenvalue weighted by molar-refractivity contribution is 6.06. The summed E-state index contributed by atoms with van der Waals surface area (Å²) in [6, 6.07) is 5.77. The molecule has 0 saturated heterocycles. The molecule has 1 N–H and O–H groups in total. The maximum atomic E-state index is 14.2. The van der Waals surface area contributed by atoms with E-state index >= 15 is 0 Å². The van der Waals surface area contributed by atoms with Gasteiger partial charge in [-0.25, -0.2) is 0 Å². The van der Waals surface area contributed by atoms with Gasteiger partial charge in [-0.1, -0.05) is 24.8 Å². The predicted molar refractivity (Wildman–Crippen MR) is 110 cm³/mol. The minimum Gasteiger partial charge on any atom is -0.364 e. The van der Waals surface area contributed by atoms with Crippen LogP contribution in [-0.4, -0.2) is 49.8 Å². The summed E-state index contributed by atoms with van der Waals surface area (Å²) in [5.41, 5.74) is -5.73. The molecule has 32 heavy (non-hydrogen) atoms. The van der Waals surface area contributed by atoms with Gasteiger partial charge >= 0.3 is 12.4 Å². The van der Waals surface area contributed by atoms with Gasteiger partial charge in [0.2, 0.25) is 0 Å². The molecule has 4 nitrogen and oxygen atoms in total. The first-order valence-corrected chi connectivity index (χ1v) is 9.72. The molecule has 1 aliphatic carbocycles. The van der Waals surface area contributed by atoms with E-state index in [1.165, 1.54) is 24.3 Å². The number of hydrogen-bond acceptors (Lipinski definition) is 3. The number of carbonyl (C=O) groups is 1. The van der Waals surface area contributed by atoms with Gasteiger partial charge in [-0.2, -0.15) is 26.3 Å². The zero-order chi connectivity index (χ0) is 24.3. The maximum absolute atomic E-state index is 14.2. The molecule has 0 aromatic heterocycles. The molecule has 0 bridgehead atoms. The molecule has 1 aliphatic rings. The standard InChI is InChI=1S/C22H24F6N2O2/c1-5-17(18(29-3)21(23,24)25)20(32-4,22(26,27)28)12-13(2)14-6-8-15(9-7-14)19(31)30-16-10-11-16/h5-9,16H,2,10-12H2,1,3-4H3,(H,30,31)/b17-5+,29-18?. The molecule has 0 radical (unpaired) electrons. The molecular weight excluding hydrogens is 438 g/mol. The highest BCUT2D eigenvalue weighted by Crippen LogP contribution is 2.47. The molecule has 0 aliphatic heterocycles. The van der Waals surface area contributed by atoms with E-state index in [2.05, 4.69) is 16.9 Å². The average Bonchev–Trinajstić information content (AvgIpc) is 3.52. The lowest BCUT2D eigenvalue weighted by molar-refractivity contribution is -0.250. The number of nitrogens with one attached hydrogen (secondary N) is 1. The fourth-order valence-electron chi connectivity index (χ4n) is 3.36. The van der Waals surface area contributed by atoms with Crippen molar-refractivity contribution in [1.29, 1.82) is 0 Å². The van der Waals surface area contributed by atoms with E-state index in [0.717, 1.165) is 26.8 Å². The second-order valence-corrected chi connectivity index (χ2v) is 7.41. The van der Waals surface area contributed by atoms with Crippen molar-refractivity contribution in [3.63, 3.8) is 0 Å². The Bertz CT molecular complexity index is 912. The summed E-state index contributed by atoms with van der Waals surface area (Å²) in [6.45, 7) is 4.70. The molecular formula is C22H24F6N2O2. The number of hydrogen-bond donors (Lipinski definition) is 1. The molecule has 1 fully saturated rings. The molecule has 0 spiro atoms. The Hall–Kier alpha value is -2.62. The molecule has 0 heterocycles. The Kier molecular flexibility index (Phi) is 7.59. The summed E-state index contributed by atoms with van der Waals surface area (Å²) >= 11 is 0. The Balaban J connectivity index is 2.40. The van der Waals surface area contributed by atoms with Crippen LogP contribution in [0.4, 0.5) is 26.3 Å². The normalized spacial score (nSPS) is 17.7. The number of benzene rings is 1. The molecule has 1 aromatic rings. The average molecular weight is 462 g/mol. The summed E-state index contributed by atoms with van der Waals surface area (Å²) in [5.74, 6) is -0.309. The van der Waals surface area contributed by atoms with Crippen LogP contribution in [0.5, 0.6) is 0 Å². The lowest BCUT2D eigenvalue weighted by Gasteiger charge is -2.38. The number of nitrogens with zero attached hydrogens (tertiary/aromatic N) is 1. The maximum Gasteiger partial charge on any atom is 0.433 e. The van der Waals surface area contributed by atoms with Crippen LogP contribution in [0.1, 0.15) is 42.1 Å². The van der Waals surface area contributed by atoms with Crippen molar-refractivity contribution in [2.75, 3.05) is 14.2 Å². The van der Waals surface area contributed by atoms with Crippen LogP contribution < -0.4 is 5.32 Å².